The minimum atomic E-state index is -0.995. The van der Waals surface area contributed by atoms with Crippen LogP contribution < -0.4 is 5.11 Å². The van der Waals surface area contributed by atoms with Gasteiger partial charge in [0.05, 0.1) is 0 Å². The zero-order valence-corrected chi connectivity index (χ0v) is 5.47. The highest BCUT2D eigenvalue weighted by Crippen LogP contribution is 1.61. The normalized spacial score (nSPS) is 5.29. The van der Waals surface area contributed by atoms with Crippen molar-refractivity contribution in [3.05, 3.63) is 0 Å². The summed E-state index contributed by atoms with van der Waals surface area (Å²) in [6, 6.07) is 0. The van der Waals surface area contributed by atoms with E-state index in [0.29, 0.717) is 0 Å². The first kappa shape index (κ1) is 15.7. The average molecular weight is 146 g/mol. The fraction of sp³-hybridized carbons (Fsp3) is 0.667. The Kier molecular flexibility index (Phi) is 21.1. The molecule has 0 saturated heterocycles. The summed E-state index contributed by atoms with van der Waals surface area (Å²) in [6.45, 7) is 1.54. The lowest BCUT2D eigenvalue weighted by atomic mass is 10.5. The molecule has 0 amide bonds. The maximum absolute atomic E-state index is 9.26. The molecule has 0 aliphatic rings. The molecular formula is C3H7Cl2O2-. The number of rotatable bonds is 1. The SMILES string of the molecule is CCC(=O)[O-].Cl.Cl. The van der Waals surface area contributed by atoms with Gasteiger partial charge in [-0.05, 0) is 6.42 Å². The van der Waals surface area contributed by atoms with Crippen molar-refractivity contribution < 1.29 is 9.90 Å². The molecule has 0 aliphatic carbocycles. The first-order valence-electron chi connectivity index (χ1n) is 1.47. The van der Waals surface area contributed by atoms with E-state index in [1.165, 1.54) is 6.92 Å². The molecule has 0 rings (SSSR count). The van der Waals surface area contributed by atoms with E-state index in [2.05, 4.69) is 0 Å². The van der Waals surface area contributed by atoms with Crippen LogP contribution in [0.25, 0.3) is 0 Å². The van der Waals surface area contributed by atoms with Crippen LogP contribution >= 0.6 is 24.8 Å². The molecule has 0 aromatic carbocycles. The molecule has 0 N–H and O–H groups in total. The van der Waals surface area contributed by atoms with Crippen molar-refractivity contribution in [2.75, 3.05) is 0 Å². The van der Waals surface area contributed by atoms with Gasteiger partial charge in [-0.25, -0.2) is 0 Å². The summed E-state index contributed by atoms with van der Waals surface area (Å²) in [5.41, 5.74) is 0. The van der Waals surface area contributed by atoms with Crippen LogP contribution in [0.2, 0.25) is 0 Å². The number of hydrogen-bond donors (Lipinski definition) is 0. The van der Waals surface area contributed by atoms with Crippen LogP contribution in [0.15, 0.2) is 0 Å². The Balaban J connectivity index is -0.0000000800. The van der Waals surface area contributed by atoms with Crippen LogP contribution in [0.1, 0.15) is 13.3 Å². The van der Waals surface area contributed by atoms with Gasteiger partial charge < -0.3 is 9.90 Å². The summed E-state index contributed by atoms with van der Waals surface area (Å²) >= 11 is 0. The fourth-order valence-corrected chi connectivity index (χ4v) is 0. The third-order valence-electron chi connectivity index (χ3n) is 0.289. The number of carboxylic acid groups (broad SMARTS) is 1. The van der Waals surface area contributed by atoms with Gasteiger partial charge in [-0.15, -0.1) is 24.8 Å². The van der Waals surface area contributed by atoms with Crippen LogP contribution in [0.5, 0.6) is 0 Å². The number of carbonyl (C=O) groups excluding carboxylic acids is 1. The second kappa shape index (κ2) is 9.41. The van der Waals surface area contributed by atoms with Crippen molar-refractivity contribution in [1.82, 2.24) is 0 Å². The number of halogens is 2. The van der Waals surface area contributed by atoms with E-state index in [1.807, 2.05) is 0 Å². The van der Waals surface area contributed by atoms with Crippen LogP contribution in [-0.4, -0.2) is 5.97 Å². The largest absolute Gasteiger partial charge is 0.550 e. The highest BCUT2D eigenvalue weighted by Gasteiger charge is 1.65. The Morgan fingerprint density at radius 2 is 1.71 bits per heavy atom. The van der Waals surface area contributed by atoms with E-state index >= 15 is 0 Å². The summed E-state index contributed by atoms with van der Waals surface area (Å²) in [7, 11) is 0. The molecule has 0 aromatic heterocycles. The van der Waals surface area contributed by atoms with E-state index in [0.717, 1.165) is 0 Å². The average Bonchev–Trinajstić information content (AvgIpc) is 1.38. The van der Waals surface area contributed by atoms with Crippen molar-refractivity contribution in [2.24, 2.45) is 0 Å². The summed E-state index contributed by atoms with van der Waals surface area (Å²) in [5.74, 6) is -0.995. The third-order valence-corrected chi connectivity index (χ3v) is 0.289. The van der Waals surface area contributed by atoms with Crippen molar-refractivity contribution in [2.45, 2.75) is 13.3 Å². The van der Waals surface area contributed by atoms with Crippen molar-refractivity contribution in [3.8, 4) is 0 Å². The van der Waals surface area contributed by atoms with E-state index < -0.39 is 5.97 Å². The Morgan fingerprint density at radius 3 is 1.71 bits per heavy atom. The first-order valence-corrected chi connectivity index (χ1v) is 1.47. The second-order valence-corrected chi connectivity index (χ2v) is 0.726. The molecule has 4 heteroatoms. The van der Waals surface area contributed by atoms with Gasteiger partial charge in [0.2, 0.25) is 0 Å². The van der Waals surface area contributed by atoms with Gasteiger partial charge in [-0.2, -0.15) is 0 Å². The van der Waals surface area contributed by atoms with Gasteiger partial charge in [0.1, 0.15) is 0 Å². The van der Waals surface area contributed by atoms with E-state index in [1.54, 1.807) is 0 Å². The molecule has 0 aromatic rings. The number of carbonyl (C=O) groups is 1. The quantitative estimate of drug-likeness (QED) is 0.521. The molecule has 2 nitrogen and oxygen atoms in total. The zero-order chi connectivity index (χ0) is 4.28. The van der Waals surface area contributed by atoms with Gasteiger partial charge >= 0.3 is 0 Å². The zero-order valence-electron chi connectivity index (χ0n) is 3.84. The lowest BCUT2D eigenvalue weighted by molar-refractivity contribution is -0.305. The van der Waals surface area contributed by atoms with Crippen LogP contribution in [-0.2, 0) is 4.79 Å². The minimum Gasteiger partial charge on any atom is -0.550 e. The topological polar surface area (TPSA) is 40.1 Å². The Bertz CT molecular complexity index is 46.2. The molecule has 0 heterocycles. The molecule has 7 heavy (non-hydrogen) atoms. The molecule has 46 valence electrons. The monoisotopic (exact) mass is 145 g/mol. The summed E-state index contributed by atoms with van der Waals surface area (Å²) in [5, 5.41) is 9.26. The van der Waals surface area contributed by atoms with Gasteiger partial charge in [-0.3, -0.25) is 0 Å². The number of hydrogen-bond acceptors (Lipinski definition) is 2. The van der Waals surface area contributed by atoms with Crippen molar-refractivity contribution >= 4 is 30.8 Å². The van der Waals surface area contributed by atoms with Crippen molar-refractivity contribution in [3.63, 3.8) is 0 Å². The molecular weight excluding hydrogens is 139 g/mol. The molecule has 0 radical (unpaired) electrons. The van der Waals surface area contributed by atoms with Crippen LogP contribution in [0.3, 0.4) is 0 Å². The smallest absolute Gasteiger partial charge is 0.0411 e. The van der Waals surface area contributed by atoms with Gasteiger partial charge in [0.25, 0.3) is 0 Å². The molecule has 0 spiro atoms. The van der Waals surface area contributed by atoms with E-state index in [-0.39, 0.29) is 31.2 Å². The maximum Gasteiger partial charge on any atom is 0.0411 e. The van der Waals surface area contributed by atoms with E-state index in [9.17, 15) is 9.90 Å². The lowest BCUT2D eigenvalue weighted by Crippen LogP contribution is -2.19. The minimum absolute atomic E-state index is 0. The Morgan fingerprint density at radius 1 is 1.57 bits per heavy atom. The lowest BCUT2D eigenvalue weighted by Gasteiger charge is -1.87. The van der Waals surface area contributed by atoms with Gasteiger partial charge in [0.15, 0.2) is 0 Å². The summed E-state index contributed by atoms with van der Waals surface area (Å²) in [6.07, 6.45) is 0.111. The highest BCUT2D eigenvalue weighted by atomic mass is 35.5. The number of carboxylic acids is 1. The maximum atomic E-state index is 9.26. The molecule has 0 bridgehead atoms. The Labute approximate surface area is 54.7 Å². The molecule has 0 unspecified atom stereocenters. The predicted molar refractivity (Wildman–Crippen MR) is 29.8 cm³/mol. The third kappa shape index (κ3) is 23.6. The van der Waals surface area contributed by atoms with Gasteiger partial charge in [0, 0.05) is 5.97 Å². The second-order valence-electron chi connectivity index (χ2n) is 0.726. The standard InChI is InChI=1S/C3H6O2.2ClH/c1-2-3(4)5;;/h2H2,1H3,(H,4,5);2*1H/p-1. The summed E-state index contributed by atoms with van der Waals surface area (Å²) < 4.78 is 0. The van der Waals surface area contributed by atoms with E-state index in [4.69, 9.17) is 0 Å². The predicted octanol–water partition coefficient (Wildman–Crippen LogP) is -0.0101. The van der Waals surface area contributed by atoms with Crippen LogP contribution in [0.4, 0.5) is 0 Å². The molecule has 0 atom stereocenters. The van der Waals surface area contributed by atoms with Gasteiger partial charge in [-0.1, -0.05) is 6.92 Å². The van der Waals surface area contributed by atoms with Crippen molar-refractivity contribution in [1.29, 1.82) is 0 Å². The molecule has 0 fully saturated rings. The van der Waals surface area contributed by atoms with Crippen LogP contribution in [0, 0.1) is 0 Å². The number of aliphatic carboxylic acids is 1. The first-order chi connectivity index (χ1) is 2.27. The Hall–Kier alpha value is 0.0500. The fourth-order valence-electron chi connectivity index (χ4n) is 0. The summed E-state index contributed by atoms with van der Waals surface area (Å²) in [4.78, 5) is 9.26. The highest BCUT2D eigenvalue weighted by molar-refractivity contribution is 5.85. The molecule has 0 saturated carbocycles. The molecule has 0 aliphatic heterocycles.